The molecule has 0 aliphatic carbocycles. The maximum atomic E-state index is 4.15. The second kappa shape index (κ2) is 4.34. The first kappa shape index (κ1) is 8.53. The summed E-state index contributed by atoms with van der Waals surface area (Å²) in [4.78, 5) is 4.15. The minimum absolute atomic E-state index is 1.01. The number of hydrogen-bond donors (Lipinski definition) is 0. The van der Waals surface area contributed by atoms with Crippen molar-refractivity contribution in [2.75, 3.05) is 5.33 Å². The fourth-order valence-corrected chi connectivity index (χ4v) is 1.05. The van der Waals surface area contributed by atoms with Crippen LogP contribution in [0.15, 0.2) is 18.6 Å². The molecule has 1 rings (SSSR count). The molecule has 11 heavy (non-hydrogen) atoms. The number of aromatic nitrogens is 2. The fourth-order valence-electron chi connectivity index (χ4n) is 0.786. The van der Waals surface area contributed by atoms with E-state index in [1.807, 2.05) is 23.9 Å². The van der Waals surface area contributed by atoms with Crippen molar-refractivity contribution < 1.29 is 0 Å². The number of allylic oxidation sites excluding steroid dienone is 1. The van der Waals surface area contributed by atoms with Crippen molar-refractivity contribution in [3.05, 3.63) is 24.3 Å². The molecule has 60 valence electrons. The number of nitrogens with zero attached hydrogens (tertiary/aromatic N) is 2. The normalized spacial score (nSPS) is 11.1. The van der Waals surface area contributed by atoms with E-state index in [0.717, 1.165) is 17.4 Å². The summed E-state index contributed by atoms with van der Waals surface area (Å²) in [5, 5.41) is 1.01. The van der Waals surface area contributed by atoms with Crippen molar-refractivity contribution in [2.45, 2.75) is 6.42 Å². The second-order valence-electron chi connectivity index (χ2n) is 2.34. The molecule has 2 nitrogen and oxygen atoms in total. The zero-order chi connectivity index (χ0) is 8.10. The van der Waals surface area contributed by atoms with Crippen molar-refractivity contribution in [2.24, 2.45) is 7.05 Å². The van der Waals surface area contributed by atoms with Crippen LogP contribution in [0.3, 0.4) is 0 Å². The molecule has 0 N–H and O–H groups in total. The molecule has 0 saturated heterocycles. The zero-order valence-corrected chi connectivity index (χ0v) is 8.08. The third-order valence-corrected chi connectivity index (χ3v) is 1.75. The molecule has 3 heteroatoms. The van der Waals surface area contributed by atoms with E-state index in [2.05, 4.69) is 27.0 Å². The van der Waals surface area contributed by atoms with Crippen molar-refractivity contribution >= 4 is 22.0 Å². The number of halogens is 1. The molecule has 0 aromatic carbocycles. The van der Waals surface area contributed by atoms with E-state index >= 15 is 0 Å². The standard InChI is InChI=1S/C8H11BrN2/c1-11-6-8(10-7-11)4-2-3-5-9/h2,4,6-7H,3,5H2,1H3. The average molecular weight is 215 g/mol. The molecule has 0 amide bonds. The van der Waals surface area contributed by atoms with Crippen LogP contribution in [0.2, 0.25) is 0 Å². The Balaban J connectivity index is 2.50. The third-order valence-electron chi connectivity index (χ3n) is 1.29. The van der Waals surface area contributed by atoms with Gasteiger partial charge in [-0.2, -0.15) is 0 Å². The van der Waals surface area contributed by atoms with Crippen LogP contribution >= 0.6 is 15.9 Å². The highest BCUT2D eigenvalue weighted by Crippen LogP contribution is 1.99. The molecule has 0 fully saturated rings. The van der Waals surface area contributed by atoms with Gasteiger partial charge in [-0.25, -0.2) is 4.98 Å². The molecule has 1 heterocycles. The SMILES string of the molecule is Cn1cnc(C=CCCBr)c1. The van der Waals surface area contributed by atoms with Crippen LogP contribution in [0, 0.1) is 0 Å². The molecular weight excluding hydrogens is 204 g/mol. The maximum Gasteiger partial charge on any atom is 0.0950 e. The monoisotopic (exact) mass is 214 g/mol. The van der Waals surface area contributed by atoms with Crippen LogP contribution in [0.1, 0.15) is 12.1 Å². The summed E-state index contributed by atoms with van der Waals surface area (Å²) < 4.78 is 1.94. The summed E-state index contributed by atoms with van der Waals surface area (Å²) in [6.07, 6.45) is 8.98. The lowest BCUT2D eigenvalue weighted by molar-refractivity contribution is 0.913. The molecule has 0 atom stereocenters. The third kappa shape index (κ3) is 2.89. The number of imidazole rings is 1. The van der Waals surface area contributed by atoms with Crippen molar-refractivity contribution in [1.29, 1.82) is 0 Å². The van der Waals surface area contributed by atoms with Crippen LogP contribution in [0.4, 0.5) is 0 Å². The van der Waals surface area contributed by atoms with Gasteiger partial charge < -0.3 is 4.57 Å². The minimum atomic E-state index is 1.01. The van der Waals surface area contributed by atoms with Gasteiger partial charge in [0.25, 0.3) is 0 Å². The first-order valence-electron chi connectivity index (χ1n) is 3.53. The predicted molar refractivity (Wildman–Crippen MR) is 50.7 cm³/mol. The summed E-state index contributed by atoms with van der Waals surface area (Å²) >= 11 is 3.35. The van der Waals surface area contributed by atoms with Crippen molar-refractivity contribution in [3.8, 4) is 0 Å². The highest BCUT2D eigenvalue weighted by Gasteiger charge is 1.87. The van der Waals surface area contributed by atoms with E-state index in [1.54, 1.807) is 6.33 Å². The second-order valence-corrected chi connectivity index (χ2v) is 3.14. The molecular formula is C8H11BrN2. The smallest absolute Gasteiger partial charge is 0.0950 e. The molecule has 0 aliphatic rings. The summed E-state index contributed by atoms with van der Waals surface area (Å²) in [5.41, 5.74) is 1.02. The fraction of sp³-hybridized carbons (Fsp3) is 0.375. The van der Waals surface area contributed by atoms with Gasteiger partial charge >= 0.3 is 0 Å². The average Bonchev–Trinajstić information content (AvgIpc) is 2.37. The Hall–Kier alpha value is -0.570. The highest BCUT2D eigenvalue weighted by molar-refractivity contribution is 9.09. The molecule has 1 aromatic heterocycles. The van der Waals surface area contributed by atoms with Gasteiger partial charge in [0.1, 0.15) is 0 Å². The van der Waals surface area contributed by atoms with Gasteiger partial charge in [-0.3, -0.25) is 0 Å². The lowest BCUT2D eigenvalue weighted by Gasteiger charge is -1.83. The molecule has 0 radical (unpaired) electrons. The summed E-state index contributed by atoms with van der Waals surface area (Å²) in [6, 6.07) is 0. The van der Waals surface area contributed by atoms with Gasteiger partial charge in [-0.1, -0.05) is 22.0 Å². The number of rotatable bonds is 3. The Kier molecular flexibility index (Phi) is 3.36. The van der Waals surface area contributed by atoms with E-state index in [-0.39, 0.29) is 0 Å². The molecule has 0 unspecified atom stereocenters. The Morgan fingerprint density at radius 2 is 2.55 bits per heavy atom. The van der Waals surface area contributed by atoms with Crippen LogP contribution in [0.25, 0.3) is 6.08 Å². The summed E-state index contributed by atoms with van der Waals surface area (Å²) in [5.74, 6) is 0. The van der Waals surface area contributed by atoms with Gasteiger partial charge in [0.2, 0.25) is 0 Å². The van der Waals surface area contributed by atoms with Gasteiger partial charge in [0.05, 0.1) is 12.0 Å². The molecule has 0 saturated carbocycles. The quantitative estimate of drug-likeness (QED) is 0.707. The maximum absolute atomic E-state index is 4.15. The number of hydrogen-bond acceptors (Lipinski definition) is 1. The van der Waals surface area contributed by atoms with Crippen LogP contribution < -0.4 is 0 Å². The largest absolute Gasteiger partial charge is 0.340 e. The lowest BCUT2D eigenvalue weighted by atomic mass is 10.3. The Bertz CT molecular complexity index is 240. The van der Waals surface area contributed by atoms with Gasteiger partial charge in [-0.05, 0) is 12.5 Å². The van der Waals surface area contributed by atoms with E-state index in [9.17, 15) is 0 Å². The number of aryl methyl sites for hydroxylation is 1. The van der Waals surface area contributed by atoms with Gasteiger partial charge in [0, 0.05) is 18.6 Å². The van der Waals surface area contributed by atoms with E-state index in [0.29, 0.717) is 0 Å². The van der Waals surface area contributed by atoms with Crippen LogP contribution in [0.5, 0.6) is 0 Å². The van der Waals surface area contributed by atoms with Gasteiger partial charge in [0.15, 0.2) is 0 Å². The van der Waals surface area contributed by atoms with E-state index in [1.165, 1.54) is 0 Å². The van der Waals surface area contributed by atoms with E-state index < -0.39 is 0 Å². The Labute approximate surface area is 75.1 Å². The Morgan fingerprint density at radius 1 is 1.73 bits per heavy atom. The molecule has 0 aliphatic heterocycles. The van der Waals surface area contributed by atoms with Crippen LogP contribution in [-0.4, -0.2) is 14.9 Å². The van der Waals surface area contributed by atoms with Crippen LogP contribution in [-0.2, 0) is 7.05 Å². The van der Waals surface area contributed by atoms with E-state index in [4.69, 9.17) is 0 Å². The number of alkyl halides is 1. The minimum Gasteiger partial charge on any atom is -0.340 e. The van der Waals surface area contributed by atoms with Crippen molar-refractivity contribution in [1.82, 2.24) is 9.55 Å². The zero-order valence-electron chi connectivity index (χ0n) is 6.50. The first-order chi connectivity index (χ1) is 5.33. The molecule has 0 spiro atoms. The summed E-state index contributed by atoms with van der Waals surface area (Å²) in [7, 11) is 1.97. The van der Waals surface area contributed by atoms with Gasteiger partial charge in [-0.15, -0.1) is 0 Å². The predicted octanol–water partition coefficient (Wildman–Crippen LogP) is 2.22. The highest BCUT2D eigenvalue weighted by atomic mass is 79.9. The Morgan fingerprint density at radius 3 is 3.09 bits per heavy atom. The topological polar surface area (TPSA) is 17.8 Å². The molecule has 0 bridgehead atoms. The lowest BCUT2D eigenvalue weighted by Crippen LogP contribution is -1.77. The molecule has 1 aromatic rings. The first-order valence-corrected chi connectivity index (χ1v) is 4.65. The van der Waals surface area contributed by atoms with Crippen molar-refractivity contribution in [3.63, 3.8) is 0 Å². The summed E-state index contributed by atoms with van der Waals surface area (Å²) in [6.45, 7) is 0.